The van der Waals surface area contributed by atoms with E-state index in [1.807, 2.05) is 0 Å². The van der Waals surface area contributed by atoms with Crippen molar-refractivity contribution >= 4 is 5.97 Å². The number of rotatable bonds is 6. The van der Waals surface area contributed by atoms with E-state index in [4.69, 9.17) is 9.26 Å². The SMILES string of the molecule is COCCc1noc(CC2(C(=O)O)CCCCC2)n1. The van der Waals surface area contributed by atoms with Crippen LogP contribution in [0.1, 0.15) is 43.8 Å². The summed E-state index contributed by atoms with van der Waals surface area (Å²) in [6.45, 7) is 0.531. The molecule has 1 fully saturated rings. The molecule has 0 atom stereocenters. The molecule has 1 aromatic rings. The topological polar surface area (TPSA) is 85.5 Å². The molecule has 1 aliphatic carbocycles. The molecule has 0 aliphatic heterocycles. The molecule has 19 heavy (non-hydrogen) atoms. The van der Waals surface area contributed by atoms with Crippen LogP contribution >= 0.6 is 0 Å². The van der Waals surface area contributed by atoms with E-state index in [1.165, 1.54) is 0 Å². The Labute approximate surface area is 112 Å². The maximum atomic E-state index is 11.5. The molecule has 0 saturated heterocycles. The zero-order valence-corrected chi connectivity index (χ0v) is 11.2. The molecule has 106 valence electrons. The Kier molecular flexibility index (Phi) is 4.52. The van der Waals surface area contributed by atoms with Crippen molar-refractivity contribution in [3.63, 3.8) is 0 Å². The van der Waals surface area contributed by atoms with Gasteiger partial charge >= 0.3 is 5.97 Å². The number of methoxy groups -OCH3 is 1. The molecule has 0 radical (unpaired) electrons. The molecule has 0 bridgehead atoms. The van der Waals surface area contributed by atoms with Gasteiger partial charge in [0.05, 0.1) is 12.0 Å². The Morgan fingerprint density at radius 1 is 1.42 bits per heavy atom. The van der Waals surface area contributed by atoms with Crippen LogP contribution in [0.4, 0.5) is 0 Å². The number of hydrogen-bond acceptors (Lipinski definition) is 5. The molecular formula is C13H20N2O4. The fourth-order valence-corrected chi connectivity index (χ4v) is 2.64. The van der Waals surface area contributed by atoms with E-state index in [1.54, 1.807) is 7.11 Å². The van der Waals surface area contributed by atoms with Crippen molar-refractivity contribution in [2.75, 3.05) is 13.7 Å². The highest BCUT2D eigenvalue weighted by molar-refractivity contribution is 5.75. The highest BCUT2D eigenvalue weighted by atomic mass is 16.5. The molecule has 6 nitrogen and oxygen atoms in total. The Morgan fingerprint density at radius 2 is 2.16 bits per heavy atom. The first kappa shape index (κ1) is 14.0. The maximum absolute atomic E-state index is 11.5. The molecule has 1 N–H and O–H groups in total. The quantitative estimate of drug-likeness (QED) is 0.847. The number of carboxylic acid groups (broad SMARTS) is 1. The van der Waals surface area contributed by atoms with Gasteiger partial charge < -0.3 is 14.4 Å². The third kappa shape index (κ3) is 3.32. The molecule has 0 spiro atoms. The standard InChI is InChI=1S/C13H20N2O4/c1-18-8-5-10-14-11(19-15-10)9-13(12(16)17)6-3-2-4-7-13/h2-9H2,1H3,(H,16,17). The predicted octanol–water partition coefficient (Wildman–Crippen LogP) is 1.84. The Bertz CT molecular complexity index is 424. The minimum atomic E-state index is -0.746. The van der Waals surface area contributed by atoms with Crippen LogP contribution in [-0.2, 0) is 22.4 Å². The lowest BCUT2D eigenvalue weighted by Crippen LogP contribution is -2.35. The molecule has 1 aliphatic rings. The maximum Gasteiger partial charge on any atom is 0.310 e. The van der Waals surface area contributed by atoms with Crippen molar-refractivity contribution in [1.82, 2.24) is 10.1 Å². The van der Waals surface area contributed by atoms with Gasteiger partial charge in [-0.1, -0.05) is 24.4 Å². The van der Waals surface area contributed by atoms with Gasteiger partial charge in [0.1, 0.15) is 0 Å². The van der Waals surface area contributed by atoms with Gasteiger partial charge in [0.2, 0.25) is 5.89 Å². The van der Waals surface area contributed by atoms with Crippen molar-refractivity contribution in [1.29, 1.82) is 0 Å². The van der Waals surface area contributed by atoms with Gasteiger partial charge in [-0.25, -0.2) is 0 Å². The smallest absolute Gasteiger partial charge is 0.310 e. The van der Waals surface area contributed by atoms with Crippen LogP contribution in [0, 0.1) is 5.41 Å². The minimum absolute atomic E-state index is 0.336. The minimum Gasteiger partial charge on any atom is -0.481 e. The number of carbonyl (C=O) groups is 1. The van der Waals surface area contributed by atoms with E-state index in [-0.39, 0.29) is 0 Å². The predicted molar refractivity (Wildman–Crippen MR) is 66.7 cm³/mol. The highest BCUT2D eigenvalue weighted by Gasteiger charge is 2.41. The molecule has 0 aromatic carbocycles. The lowest BCUT2D eigenvalue weighted by molar-refractivity contribution is -0.151. The Balaban J connectivity index is 2.04. The summed E-state index contributed by atoms with van der Waals surface area (Å²) in [5.41, 5.74) is -0.719. The van der Waals surface area contributed by atoms with E-state index in [9.17, 15) is 9.90 Å². The third-order valence-electron chi connectivity index (χ3n) is 3.79. The molecular weight excluding hydrogens is 248 g/mol. The number of carboxylic acids is 1. The fraction of sp³-hybridized carbons (Fsp3) is 0.769. The van der Waals surface area contributed by atoms with Gasteiger partial charge in [-0.3, -0.25) is 4.79 Å². The molecule has 1 saturated carbocycles. The number of aliphatic carboxylic acids is 1. The number of ether oxygens (including phenoxy) is 1. The summed E-state index contributed by atoms with van der Waals surface area (Å²) >= 11 is 0. The first-order chi connectivity index (χ1) is 9.16. The first-order valence-corrected chi connectivity index (χ1v) is 6.70. The molecule has 1 heterocycles. The average Bonchev–Trinajstić information content (AvgIpc) is 2.84. The highest BCUT2D eigenvalue weighted by Crippen LogP contribution is 2.39. The van der Waals surface area contributed by atoms with Gasteiger partial charge in [-0.05, 0) is 12.8 Å². The van der Waals surface area contributed by atoms with Crippen molar-refractivity contribution in [2.24, 2.45) is 5.41 Å². The normalized spacial score (nSPS) is 18.4. The summed E-state index contributed by atoms with van der Waals surface area (Å²) in [5, 5.41) is 13.3. The van der Waals surface area contributed by atoms with E-state index in [0.29, 0.717) is 44.0 Å². The van der Waals surface area contributed by atoms with Gasteiger partial charge in [0.15, 0.2) is 5.82 Å². The largest absolute Gasteiger partial charge is 0.481 e. The number of aromatic nitrogens is 2. The van der Waals surface area contributed by atoms with E-state index in [0.717, 1.165) is 19.3 Å². The zero-order valence-electron chi connectivity index (χ0n) is 11.2. The van der Waals surface area contributed by atoms with E-state index < -0.39 is 11.4 Å². The molecule has 6 heteroatoms. The summed E-state index contributed by atoms with van der Waals surface area (Å²) in [5.74, 6) is 0.257. The summed E-state index contributed by atoms with van der Waals surface area (Å²) in [7, 11) is 1.61. The van der Waals surface area contributed by atoms with Crippen molar-refractivity contribution in [2.45, 2.75) is 44.9 Å². The van der Waals surface area contributed by atoms with Crippen LogP contribution in [0.5, 0.6) is 0 Å². The Hall–Kier alpha value is -1.43. The fourth-order valence-electron chi connectivity index (χ4n) is 2.64. The van der Waals surface area contributed by atoms with Gasteiger partial charge in [0, 0.05) is 20.0 Å². The average molecular weight is 268 g/mol. The van der Waals surface area contributed by atoms with Crippen LogP contribution in [-0.4, -0.2) is 34.9 Å². The summed E-state index contributed by atoms with van der Waals surface area (Å²) in [4.78, 5) is 15.8. The summed E-state index contributed by atoms with van der Waals surface area (Å²) in [6, 6.07) is 0. The van der Waals surface area contributed by atoms with Gasteiger partial charge in [0.25, 0.3) is 0 Å². The molecule has 0 amide bonds. The zero-order chi connectivity index (χ0) is 13.7. The lowest BCUT2D eigenvalue weighted by Gasteiger charge is -2.31. The van der Waals surface area contributed by atoms with Crippen LogP contribution in [0.15, 0.2) is 4.52 Å². The van der Waals surface area contributed by atoms with Crippen LogP contribution in [0.3, 0.4) is 0 Å². The van der Waals surface area contributed by atoms with Crippen molar-refractivity contribution in [3.8, 4) is 0 Å². The summed E-state index contributed by atoms with van der Waals surface area (Å²) in [6.07, 6.45) is 5.32. The van der Waals surface area contributed by atoms with Crippen molar-refractivity contribution in [3.05, 3.63) is 11.7 Å². The second kappa shape index (κ2) is 6.14. The van der Waals surface area contributed by atoms with E-state index in [2.05, 4.69) is 10.1 Å². The van der Waals surface area contributed by atoms with E-state index >= 15 is 0 Å². The molecule has 0 unspecified atom stereocenters. The van der Waals surface area contributed by atoms with Crippen LogP contribution < -0.4 is 0 Å². The van der Waals surface area contributed by atoms with Gasteiger partial charge in [-0.15, -0.1) is 0 Å². The third-order valence-corrected chi connectivity index (χ3v) is 3.79. The van der Waals surface area contributed by atoms with Crippen LogP contribution in [0.2, 0.25) is 0 Å². The first-order valence-electron chi connectivity index (χ1n) is 6.70. The second-order valence-electron chi connectivity index (χ2n) is 5.17. The van der Waals surface area contributed by atoms with Gasteiger partial charge in [-0.2, -0.15) is 4.98 Å². The molecule has 2 rings (SSSR count). The number of nitrogens with zero attached hydrogens (tertiary/aromatic N) is 2. The van der Waals surface area contributed by atoms with Crippen molar-refractivity contribution < 1.29 is 19.2 Å². The van der Waals surface area contributed by atoms with Crippen LogP contribution in [0.25, 0.3) is 0 Å². The summed E-state index contributed by atoms with van der Waals surface area (Å²) < 4.78 is 10.1. The second-order valence-corrected chi connectivity index (χ2v) is 5.17. The number of hydrogen-bond donors (Lipinski definition) is 1. The Morgan fingerprint density at radius 3 is 2.79 bits per heavy atom. The molecule has 1 aromatic heterocycles. The monoisotopic (exact) mass is 268 g/mol. The lowest BCUT2D eigenvalue weighted by atomic mass is 9.72.